The lowest BCUT2D eigenvalue weighted by molar-refractivity contribution is 0.0951. The molecule has 1 aromatic heterocycles. The van der Waals surface area contributed by atoms with Gasteiger partial charge in [-0.1, -0.05) is 0 Å². The zero-order valence-electron chi connectivity index (χ0n) is 11.8. The predicted molar refractivity (Wildman–Crippen MR) is 77.6 cm³/mol. The summed E-state index contributed by atoms with van der Waals surface area (Å²) in [6, 6.07) is 9.18. The number of carbonyl (C=O) groups excluding carboxylic acids is 1. The van der Waals surface area contributed by atoms with Gasteiger partial charge in [0.05, 0.1) is 13.7 Å². The van der Waals surface area contributed by atoms with Crippen molar-refractivity contribution in [1.82, 2.24) is 10.3 Å². The molecule has 0 saturated carbocycles. The number of pyridine rings is 1. The Bertz CT molecular complexity index is 670. The summed E-state index contributed by atoms with van der Waals surface area (Å²) >= 11 is 0. The molecule has 2 heterocycles. The molecule has 3 rings (SSSR count). The van der Waals surface area contributed by atoms with Crippen molar-refractivity contribution >= 4 is 5.91 Å². The third-order valence-corrected chi connectivity index (χ3v) is 3.41. The van der Waals surface area contributed by atoms with Crippen LogP contribution in [0.1, 0.15) is 21.5 Å². The molecule has 1 N–H and O–H groups in total. The number of rotatable bonds is 4. The molecule has 1 aliphatic heterocycles. The Labute approximate surface area is 122 Å². The van der Waals surface area contributed by atoms with Crippen LogP contribution in [0.5, 0.6) is 11.6 Å². The van der Waals surface area contributed by atoms with E-state index in [0.29, 0.717) is 24.6 Å². The van der Waals surface area contributed by atoms with E-state index < -0.39 is 0 Å². The summed E-state index contributed by atoms with van der Waals surface area (Å²) in [6.07, 6.45) is 2.52. The minimum atomic E-state index is -0.0968. The van der Waals surface area contributed by atoms with Crippen molar-refractivity contribution in [1.29, 1.82) is 0 Å². The molecular weight excluding hydrogens is 268 g/mol. The summed E-state index contributed by atoms with van der Waals surface area (Å²) in [7, 11) is 1.57. The first-order chi connectivity index (χ1) is 10.3. The van der Waals surface area contributed by atoms with Crippen LogP contribution in [0.25, 0.3) is 0 Å². The Balaban J connectivity index is 1.66. The molecule has 0 atom stereocenters. The molecule has 0 bridgehead atoms. The highest BCUT2D eigenvalue weighted by atomic mass is 16.5. The number of nitrogens with one attached hydrogen (secondary N) is 1. The summed E-state index contributed by atoms with van der Waals surface area (Å²) in [6.45, 7) is 1.13. The van der Waals surface area contributed by atoms with E-state index >= 15 is 0 Å². The Morgan fingerprint density at radius 1 is 1.38 bits per heavy atom. The number of benzene rings is 1. The Kier molecular flexibility index (Phi) is 3.73. The van der Waals surface area contributed by atoms with Crippen LogP contribution in [0, 0.1) is 0 Å². The fourth-order valence-electron chi connectivity index (χ4n) is 2.28. The molecule has 0 radical (unpaired) electrons. The zero-order chi connectivity index (χ0) is 14.7. The van der Waals surface area contributed by atoms with E-state index in [1.165, 1.54) is 0 Å². The lowest BCUT2D eigenvalue weighted by Gasteiger charge is -2.07. The smallest absolute Gasteiger partial charge is 0.251 e. The highest BCUT2D eigenvalue weighted by Crippen LogP contribution is 2.25. The van der Waals surface area contributed by atoms with Crippen molar-refractivity contribution in [2.75, 3.05) is 13.7 Å². The second-order valence-electron chi connectivity index (χ2n) is 4.81. The van der Waals surface area contributed by atoms with Crippen molar-refractivity contribution in [3.05, 3.63) is 53.2 Å². The highest BCUT2D eigenvalue weighted by molar-refractivity contribution is 5.94. The number of nitrogens with zero attached hydrogens (tertiary/aromatic N) is 1. The van der Waals surface area contributed by atoms with Gasteiger partial charge < -0.3 is 14.8 Å². The van der Waals surface area contributed by atoms with Crippen LogP contribution in [0.2, 0.25) is 0 Å². The molecule has 0 unspecified atom stereocenters. The first-order valence-corrected chi connectivity index (χ1v) is 6.79. The van der Waals surface area contributed by atoms with Gasteiger partial charge >= 0.3 is 0 Å². The van der Waals surface area contributed by atoms with Gasteiger partial charge in [-0.15, -0.1) is 0 Å². The molecule has 108 valence electrons. The molecule has 0 aliphatic carbocycles. The molecule has 1 amide bonds. The molecule has 1 aliphatic rings. The second kappa shape index (κ2) is 5.83. The minimum Gasteiger partial charge on any atom is -0.493 e. The van der Waals surface area contributed by atoms with E-state index in [2.05, 4.69) is 10.3 Å². The number of methoxy groups -OCH3 is 1. The van der Waals surface area contributed by atoms with E-state index in [4.69, 9.17) is 9.47 Å². The van der Waals surface area contributed by atoms with Gasteiger partial charge in [0.25, 0.3) is 5.91 Å². The molecule has 1 aromatic carbocycles. The van der Waals surface area contributed by atoms with Gasteiger partial charge in [0.1, 0.15) is 5.75 Å². The van der Waals surface area contributed by atoms with Gasteiger partial charge in [-0.3, -0.25) is 4.79 Å². The van der Waals surface area contributed by atoms with Gasteiger partial charge in [-0.05, 0) is 35.4 Å². The average molecular weight is 284 g/mol. The van der Waals surface area contributed by atoms with Gasteiger partial charge in [0.15, 0.2) is 0 Å². The fourth-order valence-corrected chi connectivity index (χ4v) is 2.28. The van der Waals surface area contributed by atoms with Crippen LogP contribution in [-0.2, 0) is 13.0 Å². The summed E-state index contributed by atoms with van der Waals surface area (Å²) in [5.74, 6) is 1.32. The highest BCUT2D eigenvalue weighted by Gasteiger charge is 2.14. The van der Waals surface area contributed by atoms with Crippen LogP contribution in [-0.4, -0.2) is 24.6 Å². The number of amides is 1. The average Bonchev–Trinajstić information content (AvgIpc) is 3.00. The minimum absolute atomic E-state index is 0.0968. The van der Waals surface area contributed by atoms with E-state index in [1.54, 1.807) is 25.4 Å². The van der Waals surface area contributed by atoms with Crippen molar-refractivity contribution in [3.8, 4) is 11.6 Å². The Morgan fingerprint density at radius 2 is 2.29 bits per heavy atom. The topological polar surface area (TPSA) is 60.5 Å². The van der Waals surface area contributed by atoms with Gasteiger partial charge in [-0.25, -0.2) is 4.98 Å². The van der Waals surface area contributed by atoms with E-state index in [-0.39, 0.29) is 5.91 Å². The van der Waals surface area contributed by atoms with Gasteiger partial charge in [-0.2, -0.15) is 0 Å². The number of hydrogen-bond acceptors (Lipinski definition) is 4. The first kappa shape index (κ1) is 13.4. The lowest BCUT2D eigenvalue weighted by atomic mass is 10.1. The SMILES string of the molecule is COc1cc(CNC(=O)c2ccc3c(c2)CCO3)ccn1. The first-order valence-electron chi connectivity index (χ1n) is 6.79. The summed E-state index contributed by atoms with van der Waals surface area (Å²) in [5, 5.41) is 2.89. The maximum atomic E-state index is 12.2. The number of ether oxygens (including phenoxy) is 2. The van der Waals surface area contributed by atoms with Crippen molar-refractivity contribution in [2.24, 2.45) is 0 Å². The Morgan fingerprint density at radius 3 is 3.14 bits per heavy atom. The van der Waals surface area contributed by atoms with E-state index in [0.717, 1.165) is 23.3 Å². The molecule has 5 heteroatoms. The van der Waals surface area contributed by atoms with Crippen LogP contribution in [0.4, 0.5) is 0 Å². The van der Waals surface area contributed by atoms with Gasteiger partial charge in [0.2, 0.25) is 5.88 Å². The number of hydrogen-bond donors (Lipinski definition) is 1. The van der Waals surface area contributed by atoms with Gasteiger partial charge in [0, 0.05) is 30.8 Å². The zero-order valence-corrected chi connectivity index (χ0v) is 11.8. The fraction of sp³-hybridized carbons (Fsp3) is 0.250. The maximum Gasteiger partial charge on any atom is 0.251 e. The predicted octanol–water partition coefficient (Wildman–Crippen LogP) is 1.96. The largest absolute Gasteiger partial charge is 0.493 e. The third kappa shape index (κ3) is 2.97. The summed E-state index contributed by atoms with van der Waals surface area (Å²) < 4.78 is 10.5. The van der Waals surface area contributed by atoms with Crippen molar-refractivity contribution in [3.63, 3.8) is 0 Å². The molecule has 5 nitrogen and oxygen atoms in total. The molecule has 21 heavy (non-hydrogen) atoms. The van der Waals surface area contributed by atoms with Crippen LogP contribution >= 0.6 is 0 Å². The summed E-state index contributed by atoms with van der Waals surface area (Å²) in [4.78, 5) is 16.2. The molecule has 0 saturated heterocycles. The molecular formula is C16H16N2O3. The van der Waals surface area contributed by atoms with E-state index in [1.807, 2.05) is 18.2 Å². The van der Waals surface area contributed by atoms with Crippen LogP contribution < -0.4 is 14.8 Å². The maximum absolute atomic E-state index is 12.2. The molecule has 0 spiro atoms. The number of carbonyl (C=O) groups is 1. The normalized spacial score (nSPS) is 12.4. The lowest BCUT2D eigenvalue weighted by Crippen LogP contribution is -2.22. The summed E-state index contributed by atoms with van der Waals surface area (Å²) in [5.41, 5.74) is 2.69. The second-order valence-corrected chi connectivity index (χ2v) is 4.81. The van der Waals surface area contributed by atoms with Crippen molar-refractivity contribution in [2.45, 2.75) is 13.0 Å². The molecule has 0 fully saturated rings. The quantitative estimate of drug-likeness (QED) is 0.932. The number of fused-ring (bicyclic) bond motifs is 1. The Hall–Kier alpha value is -2.56. The standard InChI is InChI=1S/C16H16N2O3/c1-20-15-8-11(4-6-17-15)10-18-16(19)13-2-3-14-12(9-13)5-7-21-14/h2-4,6,8-9H,5,7,10H2,1H3,(H,18,19). The molecule has 2 aromatic rings. The van der Waals surface area contributed by atoms with Crippen LogP contribution in [0.3, 0.4) is 0 Å². The van der Waals surface area contributed by atoms with E-state index in [9.17, 15) is 4.79 Å². The van der Waals surface area contributed by atoms with Crippen LogP contribution in [0.15, 0.2) is 36.5 Å². The van der Waals surface area contributed by atoms with Crippen molar-refractivity contribution < 1.29 is 14.3 Å². The monoisotopic (exact) mass is 284 g/mol. The number of aromatic nitrogens is 1. The third-order valence-electron chi connectivity index (χ3n) is 3.41.